The van der Waals surface area contributed by atoms with Crippen LogP contribution in [0.3, 0.4) is 0 Å². The Balaban J connectivity index is 3.02. The number of hydrogen-bond acceptors (Lipinski definition) is 5. The van der Waals surface area contributed by atoms with Crippen LogP contribution in [0, 0.1) is 11.2 Å². The van der Waals surface area contributed by atoms with E-state index >= 15 is 0 Å². The highest BCUT2D eigenvalue weighted by atomic mass is 19.1. The number of nitrogens with two attached hydrogens (primary N) is 1. The molecule has 9 heteroatoms. The molecule has 0 radical (unpaired) electrons. The minimum atomic E-state index is -1.12. The molecule has 1 aromatic rings. The second kappa shape index (κ2) is 9.88. The third-order valence-electron chi connectivity index (χ3n) is 4.24. The molecule has 0 saturated heterocycles. The van der Waals surface area contributed by atoms with E-state index in [2.05, 4.69) is 10.6 Å². The second-order valence-corrected chi connectivity index (χ2v) is 9.03. The molecular formula is C21H32FN3O5. The molecule has 0 aromatic heterocycles. The van der Waals surface area contributed by atoms with Gasteiger partial charge < -0.3 is 26.2 Å². The Morgan fingerprint density at radius 3 is 2.27 bits per heavy atom. The Morgan fingerprint density at radius 1 is 1.20 bits per heavy atom. The lowest BCUT2D eigenvalue weighted by Gasteiger charge is -2.28. The molecule has 30 heavy (non-hydrogen) atoms. The third-order valence-corrected chi connectivity index (χ3v) is 4.24. The van der Waals surface area contributed by atoms with Gasteiger partial charge in [0.05, 0.1) is 17.1 Å². The van der Waals surface area contributed by atoms with Crippen LogP contribution in [0.5, 0.6) is 0 Å². The van der Waals surface area contributed by atoms with Gasteiger partial charge >= 0.3 is 12.1 Å². The first kappa shape index (κ1) is 25.4. The van der Waals surface area contributed by atoms with Crippen molar-refractivity contribution in [2.75, 3.05) is 5.32 Å². The highest BCUT2D eigenvalue weighted by Crippen LogP contribution is 2.25. The number of carbonyl (C=O) groups is 3. The zero-order valence-corrected chi connectivity index (χ0v) is 18.3. The zero-order chi connectivity index (χ0) is 23.3. The molecule has 5 N–H and O–H groups in total. The van der Waals surface area contributed by atoms with Gasteiger partial charge in [-0.15, -0.1) is 0 Å². The summed E-state index contributed by atoms with van der Waals surface area (Å²) in [5.41, 5.74) is 4.14. The molecule has 1 aromatic carbocycles. The number of carboxylic acids is 1. The first-order valence-corrected chi connectivity index (χ1v) is 9.68. The summed E-state index contributed by atoms with van der Waals surface area (Å²) in [5.74, 6) is -2.19. The third kappa shape index (κ3) is 8.36. The van der Waals surface area contributed by atoms with Crippen LogP contribution in [0.15, 0.2) is 18.2 Å². The Morgan fingerprint density at radius 2 is 1.80 bits per heavy atom. The Hall–Kier alpha value is -2.68. The number of halogens is 1. The first-order chi connectivity index (χ1) is 13.6. The van der Waals surface area contributed by atoms with Gasteiger partial charge in [-0.2, -0.15) is 0 Å². The van der Waals surface area contributed by atoms with E-state index in [-0.39, 0.29) is 18.5 Å². The summed E-state index contributed by atoms with van der Waals surface area (Å²) in [7, 11) is 0. The molecule has 1 rings (SSSR count). The van der Waals surface area contributed by atoms with Crippen LogP contribution >= 0.6 is 0 Å². The quantitative estimate of drug-likeness (QED) is 0.506. The van der Waals surface area contributed by atoms with Crippen molar-refractivity contribution >= 4 is 23.7 Å². The summed E-state index contributed by atoms with van der Waals surface area (Å²) in [5, 5.41) is 14.5. The fourth-order valence-electron chi connectivity index (χ4n) is 2.67. The average molecular weight is 426 g/mol. The van der Waals surface area contributed by atoms with Crippen molar-refractivity contribution < 1.29 is 28.6 Å². The van der Waals surface area contributed by atoms with Gasteiger partial charge in [-0.1, -0.05) is 6.07 Å². The van der Waals surface area contributed by atoms with Crippen molar-refractivity contribution in [1.82, 2.24) is 5.32 Å². The fourth-order valence-corrected chi connectivity index (χ4v) is 2.67. The molecular weight excluding hydrogens is 393 g/mol. The standard InChI is InChI=1S/C21H32FN3O5/c1-12(23)17(26)25-16-8-7-13(10-15(16)22)9-14(11-21(5,6)18(27)28)24-19(29)30-20(2,3)4/h7-8,10,12,14H,9,11,23H2,1-6H3,(H,24,29)(H,25,26)(H,27,28). The minimum Gasteiger partial charge on any atom is -0.481 e. The summed E-state index contributed by atoms with van der Waals surface area (Å²) in [6.45, 7) is 9.73. The maximum atomic E-state index is 14.4. The van der Waals surface area contributed by atoms with E-state index in [1.54, 1.807) is 40.7 Å². The Labute approximate surface area is 176 Å². The van der Waals surface area contributed by atoms with Crippen molar-refractivity contribution in [1.29, 1.82) is 0 Å². The molecule has 2 atom stereocenters. The van der Waals surface area contributed by atoms with Gasteiger partial charge in [0.2, 0.25) is 5.91 Å². The summed E-state index contributed by atoms with van der Waals surface area (Å²) < 4.78 is 19.7. The van der Waals surface area contributed by atoms with Crippen LogP contribution in [0.4, 0.5) is 14.9 Å². The molecule has 8 nitrogen and oxygen atoms in total. The lowest BCUT2D eigenvalue weighted by molar-refractivity contribution is -0.147. The number of carbonyl (C=O) groups excluding carboxylic acids is 2. The summed E-state index contributed by atoms with van der Waals surface area (Å²) in [6.07, 6.45) is -0.407. The average Bonchev–Trinajstić information content (AvgIpc) is 2.54. The molecule has 168 valence electrons. The predicted molar refractivity (Wildman–Crippen MR) is 112 cm³/mol. The highest BCUT2D eigenvalue weighted by Gasteiger charge is 2.32. The van der Waals surface area contributed by atoms with E-state index in [1.165, 1.54) is 19.1 Å². The molecule has 2 unspecified atom stereocenters. The molecule has 0 aliphatic carbocycles. The van der Waals surface area contributed by atoms with E-state index in [1.807, 2.05) is 0 Å². The van der Waals surface area contributed by atoms with E-state index in [0.717, 1.165) is 0 Å². The Bertz CT molecular complexity index is 787. The number of aliphatic carboxylic acids is 1. The maximum Gasteiger partial charge on any atom is 0.407 e. The zero-order valence-electron chi connectivity index (χ0n) is 18.3. The lowest BCUT2D eigenvalue weighted by atomic mass is 9.84. The van der Waals surface area contributed by atoms with Gasteiger partial charge in [0.25, 0.3) is 0 Å². The van der Waals surface area contributed by atoms with Crippen LogP contribution in [-0.4, -0.2) is 40.8 Å². The smallest absolute Gasteiger partial charge is 0.407 e. The molecule has 2 amide bonds. The summed E-state index contributed by atoms with van der Waals surface area (Å²) in [6, 6.07) is 2.82. The number of ether oxygens (including phenoxy) is 1. The number of carboxylic acid groups (broad SMARTS) is 1. The van der Waals surface area contributed by atoms with Gasteiger partial charge in [-0.25, -0.2) is 9.18 Å². The van der Waals surface area contributed by atoms with E-state index in [4.69, 9.17) is 10.5 Å². The van der Waals surface area contributed by atoms with E-state index < -0.39 is 46.9 Å². The van der Waals surface area contributed by atoms with Crippen LogP contribution in [0.25, 0.3) is 0 Å². The van der Waals surface area contributed by atoms with Crippen molar-refractivity contribution in [2.45, 2.75) is 72.1 Å². The number of amides is 2. The van der Waals surface area contributed by atoms with Gasteiger partial charge in [0, 0.05) is 6.04 Å². The minimum absolute atomic E-state index is 0.0106. The second-order valence-electron chi connectivity index (χ2n) is 9.03. The topological polar surface area (TPSA) is 131 Å². The van der Waals surface area contributed by atoms with E-state index in [9.17, 15) is 23.9 Å². The first-order valence-electron chi connectivity index (χ1n) is 9.68. The van der Waals surface area contributed by atoms with Crippen LogP contribution in [0.1, 0.15) is 53.5 Å². The number of benzene rings is 1. The van der Waals surface area contributed by atoms with Crippen LogP contribution < -0.4 is 16.4 Å². The monoisotopic (exact) mass is 425 g/mol. The number of rotatable bonds is 8. The van der Waals surface area contributed by atoms with Crippen molar-refractivity contribution in [2.24, 2.45) is 11.1 Å². The number of alkyl carbamates (subject to hydrolysis) is 1. The summed E-state index contributed by atoms with van der Waals surface area (Å²) >= 11 is 0. The largest absolute Gasteiger partial charge is 0.481 e. The molecule has 0 heterocycles. The van der Waals surface area contributed by atoms with Crippen molar-refractivity contribution in [3.8, 4) is 0 Å². The lowest BCUT2D eigenvalue weighted by Crippen LogP contribution is -2.43. The van der Waals surface area contributed by atoms with Gasteiger partial charge in [0.15, 0.2) is 0 Å². The van der Waals surface area contributed by atoms with Crippen LogP contribution in [-0.2, 0) is 20.7 Å². The maximum absolute atomic E-state index is 14.4. The number of nitrogens with one attached hydrogen (secondary N) is 2. The fraction of sp³-hybridized carbons (Fsp3) is 0.571. The number of hydrogen-bond donors (Lipinski definition) is 4. The summed E-state index contributed by atoms with van der Waals surface area (Å²) in [4.78, 5) is 35.4. The van der Waals surface area contributed by atoms with Crippen LogP contribution in [0.2, 0.25) is 0 Å². The molecule has 0 bridgehead atoms. The van der Waals surface area contributed by atoms with Gasteiger partial charge in [-0.05, 0) is 72.1 Å². The normalized spacial score (nSPS) is 13.9. The SMILES string of the molecule is CC(N)C(=O)Nc1ccc(CC(CC(C)(C)C(=O)O)NC(=O)OC(C)(C)C)cc1F. The predicted octanol–water partition coefficient (Wildman–Crippen LogP) is 3.05. The van der Waals surface area contributed by atoms with Crippen molar-refractivity contribution in [3.63, 3.8) is 0 Å². The van der Waals surface area contributed by atoms with Gasteiger partial charge in [0.1, 0.15) is 11.4 Å². The molecule has 0 fully saturated rings. The molecule has 0 saturated carbocycles. The number of anilines is 1. The van der Waals surface area contributed by atoms with Gasteiger partial charge in [-0.3, -0.25) is 9.59 Å². The highest BCUT2D eigenvalue weighted by molar-refractivity contribution is 5.94. The van der Waals surface area contributed by atoms with E-state index in [0.29, 0.717) is 5.56 Å². The molecule has 0 aliphatic rings. The van der Waals surface area contributed by atoms with Crippen molar-refractivity contribution in [3.05, 3.63) is 29.6 Å². The molecule has 0 spiro atoms. The molecule has 0 aliphatic heterocycles. The Kier molecular flexibility index (Phi) is 8.35.